The lowest BCUT2D eigenvalue weighted by atomic mass is 10.0. The van der Waals surface area contributed by atoms with E-state index in [4.69, 9.17) is 5.73 Å². The van der Waals surface area contributed by atoms with E-state index in [0.29, 0.717) is 6.04 Å². The Balaban J connectivity index is 1.45. The van der Waals surface area contributed by atoms with Crippen LogP contribution in [-0.2, 0) is 0 Å². The molecule has 1 saturated heterocycles. The zero-order valence-electron chi connectivity index (χ0n) is 9.44. The van der Waals surface area contributed by atoms with E-state index in [2.05, 4.69) is 4.90 Å². The van der Waals surface area contributed by atoms with E-state index in [1.807, 2.05) is 0 Å². The number of hydrogen-bond acceptors (Lipinski definition) is 2. The van der Waals surface area contributed by atoms with E-state index in [-0.39, 0.29) is 0 Å². The van der Waals surface area contributed by atoms with Gasteiger partial charge in [-0.05, 0) is 68.9 Å². The van der Waals surface area contributed by atoms with Crippen LogP contribution in [0.1, 0.15) is 32.1 Å². The predicted molar refractivity (Wildman–Crippen MR) is 60.4 cm³/mol. The fourth-order valence-electron chi connectivity index (χ4n) is 4.98. The van der Waals surface area contributed by atoms with Crippen LogP contribution in [0.15, 0.2) is 0 Å². The molecule has 2 nitrogen and oxygen atoms in total. The number of likely N-dealkylation sites (tertiary alicyclic amines) is 1. The molecule has 0 aromatic carbocycles. The fourth-order valence-corrected chi connectivity index (χ4v) is 4.98. The monoisotopic (exact) mass is 206 g/mol. The molecule has 2 N–H and O–H groups in total. The second kappa shape index (κ2) is 2.98. The van der Waals surface area contributed by atoms with Crippen molar-refractivity contribution in [3.63, 3.8) is 0 Å². The van der Waals surface area contributed by atoms with Crippen LogP contribution >= 0.6 is 0 Å². The van der Waals surface area contributed by atoms with Crippen LogP contribution in [0.4, 0.5) is 0 Å². The molecule has 0 spiro atoms. The lowest BCUT2D eigenvalue weighted by Crippen LogP contribution is -2.42. The first-order valence-electron chi connectivity index (χ1n) is 6.84. The van der Waals surface area contributed by atoms with Crippen molar-refractivity contribution in [2.45, 2.75) is 44.2 Å². The molecule has 3 aliphatic carbocycles. The third kappa shape index (κ3) is 1.18. The minimum absolute atomic E-state index is 0.497. The van der Waals surface area contributed by atoms with Crippen LogP contribution in [-0.4, -0.2) is 30.1 Å². The minimum atomic E-state index is 0.497. The van der Waals surface area contributed by atoms with Gasteiger partial charge in [-0.1, -0.05) is 0 Å². The highest BCUT2D eigenvalue weighted by Crippen LogP contribution is 2.67. The zero-order chi connectivity index (χ0) is 9.99. The maximum Gasteiger partial charge on any atom is 0.0164 e. The van der Waals surface area contributed by atoms with Gasteiger partial charge in [0, 0.05) is 12.1 Å². The molecule has 1 heterocycles. The van der Waals surface area contributed by atoms with Crippen LogP contribution in [0.3, 0.4) is 0 Å². The molecule has 1 aliphatic heterocycles. The summed E-state index contributed by atoms with van der Waals surface area (Å²) in [4.78, 5) is 2.78. The first-order chi connectivity index (χ1) is 7.34. The van der Waals surface area contributed by atoms with Gasteiger partial charge in [0.05, 0.1) is 0 Å². The highest BCUT2D eigenvalue weighted by Gasteiger charge is 2.66. The summed E-state index contributed by atoms with van der Waals surface area (Å²) in [5.74, 6) is 4.50. The molecule has 4 unspecified atom stereocenters. The Labute approximate surface area is 92.2 Å². The van der Waals surface area contributed by atoms with E-state index in [1.54, 1.807) is 19.3 Å². The maximum atomic E-state index is 5.97. The number of hydrogen-bond donors (Lipinski definition) is 1. The van der Waals surface area contributed by atoms with E-state index in [9.17, 15) is 0 Å². The standard InChI is InChI=1S/C13H22N2/c14-10-3-5-15(6-4-10)13-11-8-1-2-9(7-8)12(11)13/h8-13H,1-7,14H2. The first kappa shape index (κ1) is 9.00. The van der Waals surface area contributed by atoms with E-state index in [0.717, 1.165) is 29.7 Å². The Kier molecular flexibility index (Phi) is 1.79. The maximum absolute atomic E-state index is 5.97. The fraction of sp³-hybridized carbons (Fsp3) is 1.00. The third-order valence-electron chi connectivity index (χ3n) is 5.69. The van der Waals surface area contributed by atoms with E-state index >= 15 is 0 Å². The van der Waals surface area contributed by atoms with Crippen molar-refractivity contribution < 1.29 is 0 Å². The number of piperidine rings is 1. The average molecular weight is 206 g/mol. The van der Waals surface area contributed by atoms with Gasteiger partial charge in [0.1, 0.15) is 0 Å². The molecular weight excluding hydrogens is 184 g/mol. The Bertz CT molecular complexity index is 254. The van der Waals surface area contributed by atoms with Crippen molar-refractivity contribution in [1.82, 2.24) is 4.90 Å². The summed E-state index contributed by atoms with van der Waals surface area (Å²) < 4.78 is 0. The van der Waals surface area contributed by atoms with Crippen LogP contribution in [0.25, 0.3) is 0 Å². The van der Waals surface area contributed by atoms with Crippen molar-refractivity contribution >= 4 is 0 Å². The summed E-state index contributed by atoms with van der Waals surface area (Å²) in [6.45, 7) is 2.58. The van der Waals surface area contributed by atoms with E-state index in [1.165, 1.54) is 25.9 Å². The molecule has 2 heteroatoms. The summed E-state index contributed by atoms with van der Waals surface area (Å²) in [7, 11) is 0. The van der Waals surface area contributed by atoms with Gasteiger partial charge in [-0.25, -0.2) is 0 Å². The quantitative estimate of drug-likeness (QED) is 0.703. The normalized spacial score (nSPS) is 54.6. The summed E-state index contributed by atoms with van der Waals surface area (Å²) in [6.07, 6.45) is 7.17. The van der Waals surface area contributed by atoms with E-state index < -0.39 is 0 Å². The van der Waals surface area contributed by atoms with Gasteiger partial charge in [0.15, 0.2) is 0 Å². The summed E-state index contributed by atoms with van der Waals surface area (Å²) >= 11 is 0. The Morgan fingerprint density at radius 3 is 2.07 bits per heavy atom. The van der Waals surface area contributed by atoms with Gasteiger partial charge in [-0.3, -0.25) is 4.90 Å². The van der Waals surface area contributed by atoms with Crippen molar-refractivity contribution in [3.8, 4) is 0 Å². The summed E-state index contributed by atoms with van der Waals surface area (Å²) in [6, 6.07) is 1.50. The molecule has 0 radical (unpaired) electrons. The Morgan fingerprint density at radius 2 is 1.47 bits per heavy atom. The van der Waals surface area contributed by atoms with Crippen molar-refractivity contribution in [3.05, 3.63) is 0 Å². The Hall–Kier alpha value is -0.0800. The second-order valence-electron chi connectivity index (χ2n) is 6.35. The van der Waals surface area contributed by atoms with Gasteiger partial charge >= 0.3 is 0 Å². The number of nitrogens with two attached hydrogens (primary N) is 1. The molecule has 0 aromatic rings. The van der Waals surface area contributed by atoms with Gasteiger partial charge in [0.25, 0.3) is 0 Å². The Morgan fingerprint density at radius 1 is 0.867 bits per heavy atom. The molecule has 2 bridgehead atoms. The smallest absolute Gasteiger partial charge is 0.0164 e. The van der Waals surface area contributed by atoms with Crippen molar-refractivity contribution in [2.75, 3.05) is 13.1 Å². The van der Waals surface area contributed by atoms with Gasteiger partial charge in [-0.2, -0.15) is 0 Å². The number of fused-ring (bicyclic) bond motifs is 5. The van der Waals surface area contributed by atoms with Gasteiger partial charge < -0.3 is 5.73 Å². The number of rotatable bonds is 1. The highest BCUT2D eigenvalue weighted by molar-refractivity contribution is 5.17. The van der Waals surface area contributed by atoms with Gasteiger partial charge in [0.2, 0.25) is 0 Å². The van der Waals surface area contributed by atoms with Crippen LogP contribution in [0.2, 0.25) is 0 Å². The molecule has 0 aromatic heterocycles. The molecule has 84 valence electrons. The highest BCUT2D eigenvalue weighted by atomic mass is 15.2. The topological polar surface area (TPSA) is 29.3 Å². The molecule has 15 heavy (non-hydrogen) atoms. The third-order valence-corrected chi connectivity index (χ3v) is 5.69. The zero-order valence-corrected chi connectivity index (χ0v) is 9.44. The first-order valence-corrected chi connectivity index (χ1v) is 6.84. The molecular formula is C13H22N2. The van der Waals surface area contributed by atoms with Crippen LogP contribution < -0.4 is 5.73 Å². The molecule has 4 fully saturated rings. The van der Waals surface area contributed by atoms with Crippen molar-refractivity contribution in [2.24, 2.45) is 29.4 Å². The lowest BCUT2D eigenvalue weighted by Gasteiger charge is -2.32. The van der Waals surface area contributed by atoms with Gasteiger partial charge in [-0.15, -0.1) is 0 Å². The molecule has 4 atom stereocenters. The van der Waals surface area contributed by atoms with Crippen LogP contribution in [0, 0.1) is 23.7 Å². The molecule has 4 aliphatic rings. The predicted octanol–water partition coefficient (Wildman–Crippen LogP) is 1.45. The minimum Gasteiger partial charge on any atom is -0.328 e. The SMILES string of the molecule is NC1CCN(C2C3C4CCC(C4)C32)CC1. The lowest BCUT2D eigenvalue weighted by molar-refractivity contribution is 0.174. The summed E-state index contributed by atoms with van der Waals surface area (Å²) in [5, 5.41) is 0. The van der Waals surface area contributed by atoms with Crippen molar-refractivity contribution in [1.29, 1.82) is 0 Å². The number of nitrogens with zero attached hydrogens (tertiary/aromatic N) is 1. The summed E-state index contributed by atoms with van der Waals surface area (Å²) in [5.41, 5.74) is 5.97. The second-order valence-corrected chi connectivity index (χ2v) is 6.35. The molecule has 0 amide bonds. The largest absolute Gasteiger partial charge is 0.328 e. The average Bonchev–Trinajstić information content (AvgIpc) is 2.69. The molecule has 3 saturated carbocycles. The molecule has 4 rings (SSSR count). The van der Waals surface area contributed by atoms with Crippen LogP contribution in [0.5, 0.6) is 0 Å².